The minimum absolute atomic E-state index is 0. The Bertz CT molecular complexity index is 223. The summed E-state index contributed by atoms with van der Waals surface area (Å²) in [4.78, 5) is 11.8. The summed E-state index contributed by atoms with van der Waals surface area (Å²) in [5.74, 6) is 0.212. The normalized spacial score (nSPS) is 17.9. The summed E-state index contributed by atoms with van der Waals surface area (Å²) in [5.41, 5.74) is 5.93. The lowest BCUT2D eigenvalue weighted by molar-refractivity contribution is -0.124. The minimum Gasteiger partial charge on any atom is -0.382 e. The molecule has 1 amide bonds. The third-order valence-electron chi connectivity index (χ3n) is 3.05. The Hall–Kier alpha value is -0.360. The molecule has 0 aromatic rings. The summed E-state index contributed by atoms with van der Waals surface area (Å²) in [5, 5.41) is 2.85. The van der Waals surface area contributed by atoms with E-state index in [-0.39, 0.29) is 24.2 Å². The number of nitrogens with one attached hydrogen (secondary N) is 1. The van der Waals surface area contributed by atoms with Crippen molar-refractivity contribution in [3.63, 3.8) is 0 Å². The van der Waals surface area contributed by atoms with Gasteiger partial charge < -0.3 is 20.5 Å². The van der Waals surface area contributed by atoms with E-state index in [2.05, 4.69) is 5.32 Å². The topological polar surface area (TPSA) is 73.6 Å². The van der Waals surface area contributed by atoms with E-state index in [4.69, 9.17) is 15.2 Å². The van der Waals surface area contributed by atoms with Crippen molar-refractivity contribution in [1.29, 1.82) is 0 Å². The Balaban J connectivity index is 0.00000289. The Kier molecular flexibility index (Phi) is 10.3. The number of nitrogens with two attached hydrogens (primary N) is 1. The molecule has 0 aromatic carbocycles. The second kappa shape index (κ2) is 10.6. The quantitative estimate of drug-likeness (QED) is 0.674. The van der Waals surface area contributed by atoms with Crippen LogP contribution < -0.4 is 11.1 Å². The molecular formula is C12H25ClN2O3. The molecule has 0 aliphatic carbocycles. The fourth-order valence-corrected chi connectivity index (χ4v) is 1.94. The van der Waals surface area contributed by atoms with Gasteiger partial charge >= 0.3 is 0 Å². The zero-order valence-corrected chi connectivity index (χ0v) is 11.8. The van der Waals surface area contributed by atoms with Crippen molar-refractivity contribution < 1.29 is 14.3 Å². The Morgan fingerprint density at radius 3 is 2.78 bits per heavy atom. The van der Waals surface area contributed by atoms with Crippen LogP contribution in [0.25, 0.3) is 0 Å². The van der Waals surface area contributed by atoms with Crippen molar-refractivity contribution >= 4 is 18.3 Å². The van der Waals surface area contributed by atoms with Gasteiger partial charge in [-0.2, -0.15) is 0 Å². The highest BCUT2D eigenvalue weighted by Crippen LogP contribution is 2.17. The van der Waals surface area contributed by atoms with Gasteiger partial charge in [0, 0.05) is 33.0 Å². The average molecular weight is 281 g/mol. The molecule has 1 atom stereocenters. The highest BCUT2D eigenvalue weighted by molar-refractivity contribution is 5.85. The van der Waals surface area contributed by atoms with Crippen LogP contribution in [0.15, 0.2) is 0 Å². The van der Waals surface area contributed by atoms with E-state index in [0.29, 0.717) is 13.2 Å². The summed E-state index contributed by atoms with van der Waals surface area (Å²) in [7, 11) is 0. The summed E-state index contributed by atoms with van der Waals surface area (Å²) >= 11 is 0. The van der Waals surface area contributed by atoms with Gasteiger partial charge in [0.2, 0.25) is 5.91 Å². The van der Waals surface area contributed by atoms with Crippen molar-refractivity contribution in [2.75, 3.05) is 33.0 Å². The minimum atomic E-state index is -0.397. The molecule has 5 nitrogen and oxygen atoms in total. The Morgan fingerprint density at radius 1 is 1.50 bits per heavy atom. The lowest BCUT2D eigenvalue weighted by atomic mass is 9.92. The fraction of sp³-hybridized carbons (Fsp3) is 0.917. The number of amides is 1. The molecule has 18 heavy (non-hydrogen) atoms. The molecule has 1 saturated heterocycles. The number of hydrogen-bond donors (Lipinski definition) is 2. The van der Waals surface area contributed by atoms with Gasteiger partial charge in [-0.3, -0.25) is 4.79 Å². The monoisotopic (exact) mass is 280 g/mol. The van der Waals surface area contributed by atoms with Crippen LogP contribution in [0.4, 0.5) is 0 Å². The van der Waals surface area contributed by atoms with Crippen molar-refractivity contribution in [3.05, 3.63) is 0 Å². The number of rotatable bonds is 7. The van der Waals surface area contributed by atoms with Crippen LogP contribution in [0.1, 0.15) is 26.2 Å². The Labute approximate surface area is 115 Å². The zero-order valence-electron chi connectivity index (χ0n) is 11.0. The van der Waals surface area contributed by atoms with Gasteiger partial charge in [0.1, 0.15) is 0 Å². The molecule has 0 radical (unpaired) electrons. The molecule has 1 aliphatic heterocycles. The average Bonchev–Trinajstić information content (AvgIpc) is 2.38. The van der Waals surface area contributed by atoms with Crippen LogP contribution in [-0.4, -0.2) is 44.9 Å². The first kappa shape index (κ1) is 17.6. The second-order valence-corrected chi connectivity index (χ2v) is 4.32. The lowest BCUT2D eigenvalue weighted by Crippen LogP contribution is -2.47. The third-order valence-corrected chi connectivity index (χ3v) is 3.05. The van der Waals surface area contributed by atoms with Gasteiger partial charge in [-0.25, -0.2) is 0 Å². The van der Waals surface area contributed by atoms with E-state index in [1.807, 2.05) is 6.92 Å². The smallest absolute Gasteiger partial charge is 0.237 e. The number of carbonyl (C=O) groups is 1. The zero-order chi connectivity index (χ0) is 12.5. The molecule has 108 valence electrons. The largest absolute Gasteiger partial charge is 0.382 e. The van der Waals surface area contributed by atoms with Gasteiger partial charge in [-0.05, 0) is 32.1 Å². The van der Waals surface area contributed by atoms with E-state index >= 15 is 0 Å². The van der Waals surface area contributed by atoms with E-state index in [1.54, 1.807) is 0 Å². The van der Waals surface area contributed by atoms with E-state index in [1.165, 1.54) is 0 Å². The van der Waals surface area contributed by atoms with Gasteiger partial charge in [-0.15, -0.1) is 12.4 Å². The van der Waals surface area contributed by atoms with Crippen molar-refractivity contribution in [1.82, 2.24) is 5.32 Å². The first-order valence-corrected chi connectivity index (χ1v) is 6.44. The van der Waals surface area contributed by atoms with Gasteiger partial charge in [0.15, 0.2) is 0 Å². The van der Waals surface area contributed by atoms with Crippen LogP contribution in [0.3, 0.4) is 0 Å². The van der Waals surface area contributed by atoms with Crippen LogP contribution in [0.5, 0.6) is 0 Å². The molecule has 0 saturated carbocycles. The molecule has 0 aromatic heterocycles. The fourth-order valence-electron chi connectivity index (χ4n) is 1.94. The third kappa shape index (κ3) is 6.54. The van der Waals surface area contributed by atoms with Crippen molar-refractivity contribution in [2.24, 2.45) is 11.7 Å². The second-order valence-electron chi connectivity index (χ2n) is 4.32. The van der Waals surface area contributed by atoms with Gasteiger partial charge in [0.05, 0.1) is 6.04 Å². The van der Waals surface area contributed by atoms with Crippen LogP contribution in [-0.2, 0) is 14.3 Å². The molecule has 1 rings (SSSR count). The predicted molar refractivity (Wildman–Crippen MR) is 72.9 cm³/mol. The molecule has 1 unspecified atom stereocenters. The van der Waals surface area contributed by atoms with Crippen LogP contribution in [0.2, 0.25) is 0 Å². The van der Waals surface area contributed by atoms with Crippen LogP contribution in [0, 0.1) is 5.92 Å². The number of carbonyl (C=O) groups excluding carboxylic acids is 1. The highest BCUT2D eigenvalue weighted by atomic mass is 35.5. The molecule has 0 bridgehead atoms. The summed E-state index contributed by atoms with van der Waals surface area (Å²) in [6, 6.07) is -0.397. The van der Waals surface area contributed by atoms with Gasteiger partial charge in [-0.1, -0.05) is 0 Å². The van der Waals surface area contributed by atoms with E-state index in [0.717, 1.165) is 39.1 Å². The standard InChI is InChI=1S/C12H24N2O3.ClH/c1-2-16-7-3-6-14-12(15)11(13)10-4-8-17-9-5-10;/h10-11H,2-9,13H2,1H3,(H,14,15);1H. The maximum absolute atomic E-state index is 11.8. The summed E-state index contributed by atoms with van der Waals surface area (Å²) < 4.78 is 10.4. The number of hydrogen-bond acceptors (Lipinski definition) is 4. The molecule has 1 aliphatic rings. The summed E-state index contributed by atoms with van der Waals surface area (Å²) in [6.07, 6.45) is 2.60. The predicted octanol–water partition coefficient (Wildman–Crippen LogP) is 0.705. The van der Waals surface area contributed by atoms with Gasteiger partial charge in [0.25, 0.3) is 0 Å². The summed E-state index contributed by atoms with van der Waals surface area (Å²) in [6.45, 7) is 5.43. The molecule has 6 heteroatoms. The van der Waals surface area contributed by atoms with Crippen LogP contribution >= 0.6 is 12.4 Å². The molecule has 0 spiro atoms. The highest BCUT2D eigenvalue weighted by Gasteiger charge is 2.26. The lowest BCUT2D eigenvalue weighted by Gasteiger charge is -2.26. The van der Waals surface area contributed by atoms with Crippen molar-refractivity contribution in [2.45, 2.75) is 32.2 Å². The molecule has 1 heterocycles. The first-order valence-electron chi connectivity index (χ1n) is 6.44. The first-order chi connectivity index (χ1) is 8.25. The van der Waals surface area contributed by atoms with Crippen molar-refractivity contribution in [3.8, 4) is 0 Å². The Morgan fingerprint density at radius 2 is 2.17 bits per heavy atom. The van der Waals surface area contributed by atoms with E-state index in [9.17, 15) is 4.79 Å². The molecule has 1 fully saturated rings. The van der Waals surface area contributed by atoms with E-state index < -0.39 is 6.04 Å². The molecular weight excluding hydrogens is 256 g/mol. The molecule has 3 N–H and O–H groups in total. The number of ether oxygens (including phenoxy) is 2. The SMILES string of the molecule is CCOCCCNC(=O)C(N)C1CCOCC1.Cl. The maximum Gasteiger partial charge on any atom is 0.237 e. The number of halogens is 1. The maximum atomic E-state index is 11.8.